The highest BCUT2D eigenvalue weighted by Gasteiger charge is 2.16. The second kappa shape index (κ2) is 6.06. The van der Waals surface area contributed by atoms with Gasteiger partial charge in [0.05, 0.1) is 9.92 Å². The lowest BCUT2D eigenvalue weighted by atomic mass is 10.2. The standard InChI is InChI=1S/C15H13ClFNO3S/c1-18(11-5-8-14(17)13(16)9-11)15(19)10-3-6-12(7-4-10)22(2,20)21/h3-9H,1-2H3. The van der Waals surface area contributed by atoms with E-state index in [4.69, 9.17) is 11.6 Å². The zero-order chi connectivity index (χ0) is 16.5. The van der Waals surface area contributed by atoms with Crippen molar-refractivity contribution in [2.45, 2.75) is 4.90 Å². The van der Waals surface area contributed by atoms with Gasteiger partial charge in [-0.05, 0) is 42.5 Å². The number of carbonyl (C=O) groups excluding carboxylic acids is 1. The molecule has 116 valence electrons. The van der Waals surface area contributed by atoms with Crippen LogP contribution >= 0.6 is 11.6 Å². The average molecular weight is 342 g/mol. The molecule has 1 amide bonds. The number of benzene rings is 2. The Morgan fingerprint density at radius 1 is 1.14 bits per heavy atom. The van der Waals surface area contributed by atoms with Crippen LogP contribution in [0.2, 0.25) is 5.02 Å². The molecule has 0 bridgehead atoms. The third kappa shape index (κ3) is 3.45. The van der Waals surface area contributed by atoms with Gasteiger partial charge < -0.3 is 4.90 Å². The van der Waals surface area contributed by atoms with Crippen LogP contribution in [0.4, 0.5) is 10.1 Å². The van der Waals surface area contributed by atoms with Gasteiger partial charge in [0.1, 0.15) is 5.82 Å². The zero-order valence-corrected chi connectivity index (χ0v) is 13.5. The third-order valence-corrected chi connectivity index (χ3v) is 4.54. The maximum atomic E-state index is 13.2. The predicted molar refractivity (Wildman–Crippen MR) is 83.7 cm³/mol. The van der Waals surface area contributed by atoms with Crippen molar-refractivity contribution in [2.24, 2.45) is 0 Å². The van der Waals surface area contributed by atoms with Crippen molar-refractivity contribution in [1.29, 1.82) is 0 Å². The summed E-state index contributed by atoms with van der Waals surface area (Å²) >= 11 is 5.70. The van der Waals surface area contributed by atoms with E-state index in [9.17, 15) is 17.6 Å². The van der Waals surface area contributed by atoms with Gasteiger partial charge in [-0.2, -0.15) is 0 Å². The van der Waals surface area contributed by atoms with Crippen molar-refractivity contribution in [3.63, 3.8) is 0 Å². The molecule has 0 N–H and O–H groups in total. The Balaban J connectivity index is 2.29. The highest BCUT2D eigenvalue weighted by atomic mass is 35.5. The van der Waals surface area contributed by atoms with Crippen molar-refractivity contribution in [3.05, 3.63) is 58.9 Å². The molecule has 0 saturated heterocycles. The maximum Gasteiger partial charge on any atom is 0.258 e. The smallest absolute Gasteiger partial charge is 0.258 e. The van der Waals surface area contributed by atoms with Crippen LogP contribution in [0.5, 0.6) is 0 Å². The molecule has 0 aromatic heterocycles. The molecular weight excluding hydrogens is 329 g/mol. The number of nitrogens with zero attached hydrogens (tertiary/aromatic N) is 1. The molecule has 0 aliphatic heterocycles. The number of anilines is 1. The molecule has 7 heteroatoms. The van der Waals surface area contributed by atoms with E-state index < -0.39 is 15.7 Å². The van der Waals surface area contributed by atoms with Crippen molar-refractivity contribution in [3.8, 4) is 0 Å². The number of hydrogen-bond donors (Lipinski definition) is 0. The van der Waals surface area contributed by atoms with Gasteiger partial charge in [0.25, 0.3) is 5.91 Å². The number of halogens is 2. The van der Waals surface area contributed by atoms with Gasteiger partial charge in [0, 0.05) is 24.6 Å². The van der Waals surface area contributed by atoms with Crippen molar-refractivity contribution in [2.75, 3.05) is 18.2 Å². The van der Waals surface area contributed by atoms with Crippen molar-refractivity contribution < 1.29 is 17.6 Å². The molecule has 4 nitrogen and oxygen atoms in total. The summed E-state index contributed by atoms with van der Waals surface area (Å²) in [6.45, 7) is 0. The number of rotatable bonds is 3. The van der Waals surface area contributed by atoms with Gasteiger partial charge in [-0.3, -0.25) is 4.79 Å². The maximum absolute atomic E-state index is 13.2. The lowest BCUT2D eigenvalue weighted by molar-refractivity contribution is 0.0993. The molecular formula is C15H13ClFNO3S. The van der Waals surface area contributed by atoms with E-state index in [1.807, 2.05) is 0 Å². The van der Waals surface area contributed by atoms with Gasteiger partial charge in [-0.1, -0.05) is 11.6 Å². The fourth-order valence-electron chi connectivity index (χ4n) is 1.85. The van der Waals surface area contributed by atoms with E-state index in [1.54, 1.807) is 0 Å². The van der Waals surface area contributed by atoms with Crippen LogP contribution in [-0.4, -0.2) is 27.6 Å². The number of sulfone groups is 1. The van der Waals surface area contributed by atoms with E-state index in [1.165, 1.54) is 54.4 Å². The highest BCUT2D eigenvalue weighted by molar-refractivity contribution is 7.90. The van der Waals surface area contributed by atoms with Crippen molar-refractivity contribution >= 4 is 33.0 Å². The molecule has 0 aliphatic carbocycles. The molecule has 22 heavy (non-hydrogen) atoms. The molecule has 2 aromatic rings. The quantitative estimate of drug-likeness (QED) is 0.861. The first kappa shape index (κ1) is 16.5. The summed E-state index contributed by atoms with van der Waals surface area (Å²) in [6, 6.07) is 9.56. The minimum atomic E-state index is -3.31. The Labute approximate surface area is 133 Å². The normalized spacial score (nSPS) is 11.3. The van der Waals surface area contributed by atoms with Crippen LogP contribution in [-0.2, 0) is 9.84 Å². The zero-order valence-electron chi connectivity index (χ0n) is 11.9. The Hall–Kier alpha value is -1.92. The first-order chi connectivity index (χ1) is 10.2. The summed E-state index contributed by atoms with van der Waals surface area (Å²) in [5.41, 5.74) is 0.749. The van der Waals surface area contributed by atoms with Gasteiger partial charge in [-0.25, -0.2) is 12.8 Å². The molecule has 0 unspecified atom stereocenters. The average Bonchev–Trinajstić information content (AvgIpc) is 2.48. The Morgan fingerprint density at radius 2 is 1.73 bits per heavy atom. The molecule has 0 fully saturated rings. The minimum Gasteiger partial charge on any atom is -0.311 e. The Kier molecular flexibility index (Phi) is 4.53. The fourth-order valence-corrected chi connectivity index (χ4v) is 2.65. The fraction of sp³-hybridized carbons (Fsp3) is 0.133. The summed E-state index contributed by atoms with van der Waals surface area (Å²) in [5.74, 6) is -0.925. The van der Waals surface area contributed by atoms with E-state index in [-0.39, 0.29) is 15.8 Å². The summed E-state index contributed by atoms with van der Waals surface area (Å²) in [4.78, 5) is 13.8. The first-order valence-electron chi connectivity index (χ1n) is 6.23. The molecule has 2 rings (SSSR count). The molecule has 0 aliphatic rings. The van der Waals surface area contributed by atoms with Gasteiger partial charge in [-0.15, -0.1) is 0 Å². The predicted octanol–water partition coefficient (Wildman–Crippen LogP) is 3.16. The van der Waals surface area contributed by atoms with E-state index in [2.05, 4.69) is 0 Å². The van der Waals surface area contributed by atoms with Crippen LogP contribution < -0.4 is 4.90 Å². The summed E-state index contributed by atoms with van der Waals surface area (Å²) < 4.78 is 35.9. The second-order valence-corrected chi connectivity index (χ2v) is 7.18. The van der Waals surface area contributed by atoms with Crippen LogP contribution in [0.3, 0.4) is 0 Å². The van der Waals surface area contributed by atoms with E-state index in [0.29, 0.717) is 11.3 Å². The monoisotopic (exact) mass is 341 g/mol. The minimum absolute atomic E-state index is 0.0791. The molecule has 0 spiro atoms. The molecule has 2 aromatic carbocycles. The second-order valence-electron chi connectivity index (χ2n) is 4.76. The molecule has 0 saturated carbocycles. The number of carbonyl (C=O) groups is 1. The molecule has 0 atom stereocenters. The Morgan fingerprint density at radius 3 is 2.23 bits per heavy atom. The number of amides is 1. The number of hydrogen-bond acceptors (Lipinski definition) is 3. The molecule has 0 radical (unpaired) electrons. The lowest BCUT2D eigenvalue weighted by Gasteiger charge is -2.18. The van der Waals surface area contributed by atoms with Gasteiger partial charge in [0.15, 0.2) is 9.84 Å². The summed E-state index contributed by atoms with van der Waals surface area (Å²) in [6.07, 6.45) is 1.09. The topological polar surface area (TPSA) is 54.5 Å². The van der Waals surface area contributed by atoms with Crippen molar-refractivity contribution in [1.82, 2.24) is 0 Å². The van der Waals surface area contributed by atoms with Gasteiger partial charge >= 0.3 is 0 Å². The third-order valence-electron chi connectivity index (χ3n) is 3.12. The van der Waals surface area contributed by atoms with E-state index in [0.717, 1.165) is 6.26 Å². The first-order valence-corrected chi connectivity index (χ1v) is 8.50. The summed E-state index contributed by atoms with van der Waals surface area (Å²) in [5, 5.41) is -0.0791. The SMILES string of the molecule is CN(C(=O)c1ccc(S(C)(=O)=O)cc1)c1ccc(F)c(Cl)c1. The van der Waals surface area contributed by atoms with E-state index >= 15 is 0 Å². The summed E-state index contributed by atoms with van der Waals surface area (Å²) in [7, 11) is -1.79. The van der Waals surface area contributed by atoms with Crippen LogP contribution in [0.25, 0.3) is 0 Å². The van der Waals surface area contributed by atoms with Gasteiger partial charge in [0.2, 0.25) is 0 Å². The molecule has 0 heterocycles. The highest BCUT2D eigenvalue weighted by Crippen LogP contribution is 2.23. The Bertz CT molecular complexity index is 819. The van der Waals surface area contributed by atoms with Crippen LogP contribution in [0.15, 0.2) is 47.4 Å². The van der Waals surface area contributed by atoms with Crippen LogP contribution in [0.1, 0.15) is 10.4 Å². The largest absolute Gasteiger partial charge is 0.311 e. The van der Waals surface area contributed by atoms with Crippen LogP contribution in [0, 0.1) is 5.82 Å². The lowest BCUT2D eigenvalue weighted by Crippen LogP contribution is -2.26.